The van der Waals surface area contributed by atoms with Crippen LogP contribution in [0.2, 0.25) is 0 Å². The molecule has 1 aliphatic rings. The third-order valence-electron chi connectivity index (χ3n) is 3.46. The van der Waals surface area contributed by atoms with Crippen molar-refractivity contribution in [1.29, 1.82) is 0 Å². The molecule has 2 atom stereocenters. The first-order valence-electron chi connectivity index (χ1n) is 7.69. The van der Waals surface area contributed by atoms with Crippen molar-refractivity contribution >= 4 is 12.1 Å². The fourth-order valence-corrected chi connectivity index (χ4v) is 2.50. The van der Waals surface area contributed by atoms with Gasteiger partial charge in [-0.25, -0.2) is 14.0 Å². The molecule has 1 fully saturated rings. The SMILES string of the molecule is COC(=O)[C@@H]1C[C@H](Oc2cccc(F)c2)CN1C(=O)OC(C)(C)C. The zero-order valence-corrected chi connectivity index (χ0v) is 14.2. The van der Waals surface area contributed by atoms with Crippen LogP contribution >= 0.6 is 0 Å². The number of carbonyl (C=O) groups excluding carboxylic acids is 2. The monoisotopic (exact) mass is 339 g/mol. The van der Waals surface area contributed by atoms with Gasteiger partial charge in [-0.15, -0.1) is 0 Å². The number of esters is 1. The maximum atomic E-state index is 13.3. The molecule has 1 aromatic rings. The number of hydrogen-bond donors (Lipinski definition) is 0. The lowest BCUT2D eigenvalue weighted by Crippen LogP contribution is -2.44. The van der Waals surface area contributed by atoms with Crippen molar-refractivity contribution < 1.29 is 28.2 Å². The molecule has 0 N–H and O–H groups in total. The first kappa shape index (κ1) is 18.0. The summed E-state index contributed by atoms with van der Waals surface area (Å²) in [4.78, 5) is 25.6. The van der Waals surface area contributed by atoms with Crippen molar-refractivity contribution in [2.75, 3.05) is 13.7 Å². The van der Waals surface area contributed by atoms with Crippen LogP contribution in [0.15, 0.2) is 24.3 Å². The molecule has 6 nitrogen and oxygen atoms in total. The maximum Gasteiger partial charge on any atom is 0.411 e. The van der Waals surface area contributed by atoms with E-state index >= 15 is 0 Å². The van der Waals surface area contributed by atoms with Crippen molar-refractivity contribution in [3.63, 3.8) is 0 Å². The minimum absolute atomic E-state index is 0.158. The molecule has 132 valence electrons. The first-order valence-corrected chi connectivity index (χ1v) is 7.69. The average Bonchev–Trinajstić information content (AvgIpc) is 2.88. The lowest BCUT2D eigenvalue weighted by Gasteiger charge is -2.27. The largest absolute Gasteiger partial charge is 0.488 e. The topological polar surface area (TPSA) is 65.1 Å². The van der Waals surface area contributed by atoms with Gasteiger partial charge in [0.15, 0.2) is 0 Å². The van der Waals surface area contributed by atoms with Gasteiger partial charge in [0, 0.05) is 12.5 Å². The van der Waals surface area contributed by atoms with Gasteiger partial charge < -0.3 is 14.2 Å². The van der Waals surface area contributed by atoms with Gasteiger partial charge in [0.05, 0.1) is 13.7 Å². The van der Waals surface area contributed by atoms with E-state index in [0.29, 0.717) is 5.75 Å². The van der Waals surface area contributed by atoms with Crippen LogP contribution < -0.4 is 4.74 Å². The summed E-state index contributed by atoms with van der Waals surface area (Å²) in [6.45, 7) is 5.39. The number of methoxy groups -OCH3 is 1. The summed E-state index contributed by atoms with van der Waals surface area (Å²) in [5.41, 5.74) is -0.681. The van der Waals surface area contributed by atoms with Crippen LogP contribution in [0.1, 0.15) is 27.2 Å². The van der Waals surface area contributed by atoms with Gasteiger partial charge in [0.2, 0.25) is 0 Å². The van der Waals surface area contributed by atoms with Crippen LogP contribution in [0.5, 0.6) is 5.75 Å². The van der Waals surface area contributed by atoms with Crippen LogP contribution in [0.4, 0.5) is 9.18 Å². The minimum atomic E-state index is -0.789. The number of hydrogen-bond acceptors (Lipinski definition) is 5. The lowest BCUT2D eigenvalue weighted by atomic mass is 10.2. The Hall–Kier alpha value is -2.31. The standard InChI is InChI=1S/C17H22FNO5/c1-17(2,3)24-16(21)19-10-13(9-14(19)15(20)22-4)23-12-7-5-6-11(18)8-12/h5-8,13-14H,9-10H2,1-4H3/t13-,14-/m0/s1. The van der Waals surface area contributed by atoms with E-state index in [4.69, 9.17) is 14.2 Å². The number of nitrogens with zero attached hydrogens (tertiary/aromatic N) is 1. The zero-order chi connectivity index (χ0) is 17.9. The Morgan fingerprint density at radius 1 is 1.29 bits per heavy atom. The molecule has 0 bridgehead atoms. The highest BCUT2D eigenvalue weighted by atomic mass is 19.1. The van der Waals surface area contributed by atoms with Gasteiger partial charge >= 0.3 is 12.1 Å². The van der Waals surface area contributed by atoms with Gasteiger partial charge in [-0.05, 0) is 32.9 Å². The second-order valence-electron chi connectivity index (χ2n) is 6.60. The molecule has 0 aliphatic carbocycles. The molecule has 0 saturated carbocycles. The first-order chi connectivity index (χ1) is 11.2. The molecule has 0 aromatic heterocycles. The van der Waals surface area contributed by atoms with Crippen molar-refractivity contribution in [2.24, 2.45) is 0 Å². The van der Waals surface area contributed by atoms with Gasteiger partial charge in [-0.1, -0.05) is 6.07 Å². The Balaban J connectivity index is 2.11. The van der Waals surface area contributed by atoms with Gasteiger partial charge in [-0.2, -0.15) is 0 Å². The van der Waals surface area contributed by atoms with Crippen LogP contribution in [-0.4, -0.2) is 48.4 Å². The number of benzene rings is 1. The molecule has 24 heavy (non-hydrogen) atoms. The summed E-state index contributed by atoms with van der Waals surface area (Å²) in [6.07, 6.45) is -0.811. The van der Waals surface area contributed by atoms with Crippen molar-refractivity contribution in [2.45, 2.75) is 44.9 Å². The summed E-state index contributed by atoms with van der Waals surface area (Å²) in [7, 11) is 1.26. The van der Waals surface area contributed by atoms with Crippen LogP contribution in [0.3, 0.4) is 0 Å². The normalized spacial score (nSPS) is 20.6. The average molecular weight is 339 g/mol. The molecule has 1 aliphatic heterocycles. The molecule has 0 unspecified atom stereocenters. The highest BCUT2D eigenvalue weighted by Crippen LogP contribution is 2.26. The Labute approximate surface area is 140 Å². The van der Waals surface area contributed by atoms with Crippen LogP contribution in [-0.2, 0) is 14.3 Å². The highest BCUT2D eigenvalue weighted by Gasteiger charge is 2.43. The van der Waals surface area contributed by atoms with Crippen LogP contribution in [0, 0.1) is 5.82 Å². The van der Waals surface area contributed by atoms with Crippen molar-refractivity contribution in [3.05, 3.63) is 30.1 Å². The molecule has 1 saturated heterocycles. The molecule has 1 heterocycles. The number of rotatable bonds is 3. The molecule has 1 aromatic carbocycles. The number of likely N-dealkylation sites (tertiary alicyclic amines) is 1. The summed E-state index contributed by atoms with van der Waals surface area (Å²) < 4.78 is 29.0. The molecule has 0 spiro atoms. The quantitative estimate of drug-likeness (QED) is 0.792. The summed E-state index contributed by atoms with van der Waals surface area (Å²) >= 11 is 0. The van der Waals surface area contributed by atoms with E-state index in [1.165, 1.54) is 30.2 Å². The smallest absolute Gasteiger partial charge is 0.411 e. The predicted octanol–water partition coefficient (Wildman–Crippen LogP) is 2.76. The van der Waals surface area contributed by atoms with E-state index in [1.54, 1.807) is 26.8 Å². The van der Waals surface area contributed by atoms with Crippen LogP contribution in [0.25, 0.3) is 0 Å². The van der Waals surface area contributed by atoms with E-state index in [9.17, 15) is 14.0 Å². The molecule has 0 radical (unpaired) electrons. The third kappa shape index (κ3) is 4.59. The Morgan fingerprint density at radius 3 is 2.58 bits per heavy atom. The van der Waals surface area contributed by atoms with E-state index in [2.05, 4.69) is 0 Å². The summed E-state index contributed by atoms with van der Waals surface area (Å²) in [5, 5.41) is 0. The van der Waals surface area contributed by atoms with Crippen molar-refractivity contribution in [3.8, 4) is 5.75 Å². The molecule has 7 heteroatoms. The van der Waals surface area contributed by atoms with E-state index < -0.39 is 35.6 Å². The van der Waals surface area contributed by atoms with Gasteiger partial charge in [-0.3, -0.25) is 4.90 Å². The fraction of sp³-hybridized carbons (Fsp3) is 0.529. The zero-order valence-electron chi connectivity index (χ0n) is 14.2. The number of halogens is 1. The predicted molar refractivity (Wildman–Crippen MR) is 84.2 cm³/mol. The number of carbonyl (C=O) groups is 2. The molecule has 2 rings (SSSR count). The Kier molecular flexibility index (Phi) is 5.31. The van der Waals surface area contributed by atoms with Crippen molar-refractivity contribution in [1.82, 2.24) is 4.90 Å². The third-order valence-corrected chi connectivity index (χ3v) is 3.46. The van der Waals surface area contributed by atoms with E-state index in [1.807, 2.05) is 0 Å². The van der Waals surface area contributed by atoms with E-state index in [0.717, 1.165) is 0 Å². The summed E-state index contributed by atoms with van der Waals surface area (Å²) in [6, 6.07) is 4.92. The number of ether oxygens (including phenoxy) is 3. The fourth-order valence-electron chi connectivity index (χ4n) is 2.50. The number of amides is 1. The molecule has 1 amide bonds. The van der Waals surface area contributed by atoms with Gasteiger partial charge in [0.25, 0.3) is 0 Å². The van der Waals surface area contributed by atoms with E-state index in [-0.39, 0.29) is 13.0 Å². The highest BCUT2D eigenvalue weighted by molar-refractivity contribution is 5.82. The lowest BCUT2D eigenvalue weighted by molar-refractivity contribution is -0.145. The Bertz CT molecular complexity index is 613. The Morgan fingerprint density at radius 2 is 2.00 bits per heavy atom. The second-order valence-corrected chi connectivity index (χ2v) is 6.60. The maximum absolute atomic E-state index is 13.3. The van der Waals surface area contributed by atoms with Gasteiger partial charge in [0.1, 0.15) is 29.3 Å². The molecular weight excluding hydrogens is 317 g/mol. The minimum Gasteiger partial charge on any atom is -0.488 e. The molecular formula is C17H22FNO5. The second kappa shape index (κ2) is 7.07. The summed E-state index contributed by atoms with van der Waals surface area (Å²) in [5.74, 6) is -0.611.